The lowest BCUT2D eigenvalue weighted by Gasteiger charge is -2.13. The number of rotatable bonds is 3. The topological polar surface area (TPSA) is 55.4 Å². The minimum Gasteiger partial charge on any atom is -0.341 e. The SMILES string of the molecule is C=CC1COC(C)(C=O)O1.C=CC[O]. The van der Waals surface area contributed by atoms with E-state index in [1.54, 1.807) is 13.0 Å². The van der Waals surface area contributed by atoms with Crippen LogP contribution < -0.4 is 0 Å². The summed E-state index contributed by atoms with van der Waals surface area (Å²) >= 11 is 0. The van der Waals surface area contributed by atoms with Crippen molar-refractivity contribution in [3.05, 3.63) is 25.3 Å². The average Bonchev–Trinajstić information content (AvgIpc) is 2.62. The van der Waals surface area contributed by atoms with E-state index in [-0.39, 0.29) is 12.7 Å². The molecule has 0 amide bonds. The van der Waals surface area contributed by atoms with Gasteiger partial charge in [0.05, 0.1) is 6.61 Å². The standard InChI is InChI=1S/C7H10O3.C3H5O/c1-3-6-4-9-7(2,5-8)10-6;1-2-3-4/h3,5-6H,1,4H2,2H3;2H,1,3H2. The van der Waals surface area contributed by atoms with Gasteiger partial charge in [0.25, 0.3) is 0 Å². The maximum atomic E-state index is 10.3. The van der Waals surface area contributed by atoms with Crippen molar-refractivity contribution in [3.63, 3.8) is 0 Å². The van der Waals surface area contributed by atoms with Crippen LogP contribution in [0.1, 0.15) is 6.92 Å². The van der Waals surface area contributed by atoms with Crippen LogP contribution in [0.2, 0.25) is 0 Å². The van der Waals surface area contributed by atoms with Crippen LogP contribution in [0.3, 0.4) is 0 Å². The molecule has 1 rings (SSSR count). The molecule has 1 aliphatic rings. The van der Waals surface area contributed by atoms with Crippen LogP contribution in [0.15, 0.2) is 25.3 Å². The third-order valence-corrected chi connectivity index (χ3v) is 1.51. The van der Waals surface area contributed by atoms with Crippen LogP contribution in [0.5, 0.6) is 0 Å². The molecule has 0 aromatic rings. The van der Waals surface area contributed by atoms with Crippen molar-refractivity contribution in [1.29, 1.82) is 0 Å². The Kier molecular flexibility index (Phi) is 6.03. The van der Waals surface area contributed by atoms with Crippen molar-refractivity contribution in [2.24, 2.45) is 0 Å². The van der Waals surface area contributed by atoms with Crippen LogP contribution in [0.25, 0.3) is 0 Å². The zero-order chi connectivity index (χ0) is 11.0. The second-order valence-electron chi connectivity index (χ2n) is 2.79. The Hall–Kier alpha value is -0.970. The smallest absolute Gasteiger partial charge is 0.223 e. The molecule has 0 spiro atoms. The predicted octanol–water partition coefficient (Wildman–Crippen LogP) is 1.11. The first-order valence-corrected chi connectivity index (χ1v) is 4.21. The summed E-state index contributed by atoms with van der Waals surface area (Å²) in [5.41, 5.74) is 0. The lowest BCUT2D eigenvalue weighted by Crippen LogP contribution is -2.27. The summed E-state index contributed by atoms with van der Waals surface area (Å²) in [5.74, 6) is -1.04. The molecular formula is C10H15O4. The zero-order valence-corrected chi connectivity index (χ0v) is 8.27. The number of ether oxygens (including phenoxy) is 2. The minimum atomic E-state index is -1.04. The highest BCUT2D eigenvalue weighted by atomic mass is 16.7. The van der Waals surface area contributed by atoms with E-state index in [2.05, 4.69) is 13.2 Å². The summed E-state index contributed by atoms with van der Waals surface area (Å²) in [6.07, 6.45) is 3.45. The largest absolute Gasteiger partial charge is 0.341 e. The number of carbonyl (C=O) groups is 1. The van der Waals surface area contributed by atoms with E-state index in [9.17, 15) is 9.90 Å². The molecule has 1 fully saturated rings. The van der Waals surface area contributed by atoms with E-state index >= 15 is 0 Å². The quantitative estimate of drug-likeness (QED) is 0.505. The number of hydrogen-bond donors (Lipinski definition) is 0. The molecule has 2 atom stereocenters. The molecule has 0 aromatic carbocycles. The van der Waals surface area contributed by atoms with Crippen molar-refractivity contribution in [2.75, 3.05) is 13.2 Å². The lowest BCUT2D eigenvalue weighted by atomic mass is 10.4. The molecule has 4 nitrogen and oxygen atoms in total. The third-order valence-electron chi connectivity index (χ3n) is 1.51. The highest BCUT2D eigenvalue weighted by Crippen LogP contribution is 2.20. The fraction of sp³-hybridized carbons (Fsp3) is 0.500. The fourth-order valence-electron chi connectivity index (χ4n) is 0.794. The summed E-state index contributed by atoms with van der Waals surface area (Å²) in [6, 6.07) is 0. The molecule has 0 bridgehead atoms. The van der Waals surface area contributed by atoms with Gasteiger partial charge in [0.15, 0.2) is 6.29 Å². The first-order valence-electron chi connectivity index (χ1n) is 4.21. The van der Waals surface area contributed by atoms with Gasteiger partial charge in [-0.2, -0.15) is 0 Å². The minimum absolute atomic E-state index is 0.143. The Morgan fingerprint density at radius 2 is 2.14 bits per heavy atom. The van der Waals surface area contributed by atoms with Gasteiger partial charge in [0, 0.05) is 0 Å². The molecular weight excluding hydrogens is 184 g/mol. The second kappa shape index (κ2) is 6.48. The Labute approximate surface area is 83.8 Å². The summed E-state index contributed by atoms with van der Waals surface area (Å²) in [4.78, 5) is 10.3. The van der Waals surface area contributed by atoms with Crippen molar-refractivity contribution in [1.82, 2.24) is 0 Å². The number of hydrogen-bond acceptors (Lipinski definition) is 3. The Morgan fingerprint density at radius 3 is 2.36 bits per heavy atom. The van der Waals surface area contributed by atoms with Gasteiger partial charge in [0.1, 0.15) is 12.7 Å². The number of aldehydes is 1. The number of carbonyl (C=O) groups excluding carboxylic acids is 1. The Balaban J connectivity index is 0.000000364. The van der Waals surface area contributed by atoms with Crippen molar-refractivity contribution in [3.8, 4) is 0 Å². The fourth-order valence-corrected chi connectivity index (χ4v) is 0.794. The molecule has 1 heterocycles. The molecule has 1 saturated heterocycles. The molecule has 0 aromatic heterocycles. The van der Waals surface area contributed by atoms with Crippen LogP contribution in [-0.4, -0.2) is 31.4 Å². The van der Waals surface area contributed by atoms with Crippen molar-refractivity contribution in [2.45, 2.75) is 18.8 Å². The van der Waals surface area contributed by atoms with Crippen LogP contribution in [-0.2, 0) is 19.4 Å². The van der Waals surface area contributed by atoms with Crippen LogP contribution in [0, 0.1) is 0 Å². The molecule has 0 aliphatic carbocycles. The van der Waals surface area contributed by atoms with E-state index in [1.807, 2.05) is 0 Å². The Bertz CT molecular complexity index is 202. The first kappa shape index (κ1) is 13.0. The molecule has 79 valence electrons. The summed E-state index contributed by atoms with van der Waals surface area (Å²) in [6.45, 7) is 8.52. The van der Waals surface area contributed by atoms with Gasteiger partial charge >= 0.3 is 0 Å². The van der Waals surface area contributed by atoms with E-state index in [4.69, 9.17) is 9.47 Å². The van der Waals surface area contributed by atoms with Gasteiger partial charge in [0.2, 0.25) is 5.79 Å². The summed E-state index contributed by atoms with van der Waals surface area (Å²) in [5, 5.41) is 9.18. The molecule has 0 N–H and O–H groups in total. The van der Waals surface area contributed by atoms with Crippen molar-refractivity contribution >= 4 is 6.29 Å². The average molecular weight is 199 g/mol. The van der Waals surface area contributed by atoms with E-state index < -0.39 is 5.79 Å². The third kappa shape index (κ3) is 4.32. The molecule has 14 heavy (non-hydrogen) atoms. The summed E-state index contributed by atoms with van der Waals surface area (Å²) < 4.78 is 10.2. The molecule has 1 aliphatic heterocycles. The van der Waals surface area contributed by atoms with E-state index in [1.165, 1.54) is 6.08 Å². The highest BCUT2D eigenvalue weighted by molar-refractivity contribution is 5.59. The molecule has 0 saturated carbocycles. The monoisotopic (exact) mass is 199 g/mol. The summed E-state index contributed by atoms with van der Waals surface area (Å²) in [7, 11) is 0. The van der Waals surface area contributed by atoms with Crippen LogP contribution in [0.4, 0.5) is 0 Å². The van der Waals surface area contributed by atoms with Crippen molar-refractivity contribution < 1.29 is 19.4 Å². The van der Waals surface area contributed by atoms with Gasteiger partial charge in [-0.05, 0) is 6.92 Å². The van der Waals surface area contributed by atoms with Crippen LogP contribution >= 0.6 is 0 Å². The van der Waals surface area contributed by atoms with Gasteiger partial charge in [-0.25, -0.2) is 5.11 Å². The molecule has 1 radical (unpaired) electrons. The van der Waals surface area contributed by atoms with Gasteiger partial charge in [-0.1, -0.05) is 12.2 Å². The highest BCUT2D eigenvalue weighted by Gasteiger charge is 2.35. The maximum absolute atomic E-state index is 10.3. The molecule has 2 unspecified atom stereocenters. The second-order valence-corrected chi connectivity index (χ2v) is 2.79. The van der Waals surface area contributed by atoms with Gasteiger partial charge in [-0.15, -0.1) is 13.2 Å². The molecule has 4 heteroatoms. The predicted molar refractivity (Wildman–Crippen MR) is 51.2 cm³/mol. The van der Waals surface area contributed by atoms with E-state index in [0.29, 0.717) is 12.9 Å². The zero-order valence-electron chi connectivity index (χ0n) is 8.27. The lowest BCUT2D eigenvalue weighted by molar-refractivity contribution is -0.162. The normalized spacial score (nSPS) is 30.0. The van der Waals surface area contributed by atoms with E-state index in [0.717, 1.165) is 0 Å². The Morgan fingerprint density at radius 1 is 1.57 bits per heavy atom. The first-order chi connectivity index (χ1) is 6.61. The maximum Gasteiger partial charge on any atom is 0.223 e. The van der Waals surface area contributed by atoms with Gasteiger partial charge < -0.3 is 9.47 Å². The van der Waals surface area contributed by atoms with Gasteiger partial charge in [-0.3, -0.25) is 4.79 Å².